The number of carbonyl (C=O) groups is 2. The van der Waals surface area contributed by atoms with E-state index in [1.54, 1.807) is 6.92 Å². The highest BCUT2D eigenvalue weighted by molar-refractivity contribution is 5.80. The second-order valence-electron chi connectivity index (χ2n) is 3.61. The van der Waals surface area contributed by atoms with Crippen molar-refractivity contribution in [3.05, 3.63) is 12.7 Å². The lowest BCUT2D eigenvalue weighted by atomic mass is 9.85. The summed E-state index contributed by atoms with van der Waals surface area (Å²) in [7, 11) is 0. The Labute approximate surface area is 82.9 Å². The summed E-state index contributed by atoms with van der Waals surface area (Å²) >= 11 is 0. The first-order chi connectivity index (χ1) is 6.58. The normalized spacial score (nSPS) is 26.5. The predicted octanol–water partition coefficient (Wildman–Crippen LogP) is 1.06. The van der Waals surface area contributed by atoms with E-state index in [1.807, 2.05) is 0 Å². The topological polar surface area (TPSA) is 52.6 Å². The van der Waals surface area contributed by atoms with E-state index < -0.39 is 5.41 Å². The quantitative estimate of drug-likeness (QED) is 0.502. The first-order valence-corrected chi connectivity index (χ1v) is 4.52. The van der Waals surface area contributed by atoms with Gasteiger partial charge in [-0.15, -0.1) is 0 Å². The van der Waals surface area contributed by atoms with Gasteiger partial charge in [-0.25, -0.2) is 0 Å². The molecule has 1 rings (SSSR count). The number of esters is 2. The fourth-order valence-corrected chi connectivity index (χ4v) is 1.23. The third-order valence-electron chi connectivity index (χ3n) is 2.26. The number of ether oxygens (including phenoxy) is 2. The average molecular weight is 198 g/mol. The maximum Gasteiger partial charge on any atom is 0.315 e. The van der Waals surface area contributed by atoms with Gasteiger partial charge in [0, 0.05) is 6.42 Å². The van der Waals surface area contributed by atoms with Gasteiger partial charge >= 0.3 is 11.9 Å². The number of cyclic esters (lactones) is 1. The molecule has 0 N–H and O–H groups in total. The van der Waals surface area contributed by atoms with E-state index in [-0.39, 0.29) is 31.6 Å². The van der Waals surface area contributed by atoms with Gasteiger partial charge in [-0.05, 0) is 13.3 Å². The number of carbonyl (C=O) groups excluding carboxylic acids is 2. The second kappa shape index (κ2) is 4.26. The van der Waals surface area contributed by atoms with Crippen molar-refractivity contribution < 1.29 is 19.1 Å². The van der Waals surface area contributed by atoms with Crippen LogP contribution in [-0.4, -0.2) is 25.2 Å². The van der Waals surface area contributed by atoms with Gasteiger partial charge in [0.05, 0.1) is 5.41 Å². The summed E-state index contributed by atoms with van der Waals surface area (Å²) in [5.41, 5.74) is -0.684. The average Bonchev–Trinajstić information content (AvgIpc) is 2.19. The molecule has 1 saturated heterocycles. The van der Waals surface area contributed by atoms with Gasteiger partial charge < -0.3 is 9.47 Å². The van der Waals surface area contributed by atoms with Crippen LogP contribution in [-0.2, 0) is 19.1 Å². The molecule has 0 bridgehead atoms. The molecule has 0 amide bonds. The Kier molecular flexibility index (Phi) is 3.28. The predicted molar refractivity (Wildman–Crippen MR) is 49.5 cm³/mol. The smallest absolute Gasteiger partial charge is 0.315 e. The Bertz CT molecular complexity index is 247. The van der Waals surface area contributed by atoms with Crippen LogP contribution >= 0.6 is 0 Å². The van der Waals surface area contributed by atoms with Crippen molar-refractivity contribution in [1.82, 2.24) is 0 Å². The van der Waals surface area contributed by atoms with Crippen molar-refractivity contribution in [2.45, 2.75) is 19.8 Å². The lowest BCUT2D eigenvalue weighted by molar-refractivity contribution is -0.169. The van der Waals surface area contributed by atoms with Crippen molar-refractivity contribution in [2.24, 2.45) is 5.41 Å². The molecule has 0 aromatic carbocycles. The maximum absolute atomic E-state index is 11.5. The maximum atomic E-state index is 11.5. The minimum atomic E-state index is -0.684. The third-order valence-corrected chi connectivity index (χ3v) is 2.26. The standard InChI is InChI=1S/C10H14O4/c1-3-6-13-9(12)10(2)5-4-8(11)14-7-10/h3H,1,4-7H2,2H3. The van der Waals surface area contributed by atoms with Gasteiger partial charge in [0.2, 0.25) is 0 Å². The van der Waals surface area contributed by atoms with Gasteiger partial charge in [0.25, 0.3) is 0 Å². The molecule has 4 nitrogen and oxygen atoms in total. The van der Waals surface area contributed by atoms with Crippen molar-refractivity contribution in [3.63, 3.8) is 0 Å². The summed E-state index contributed by atoms with van der Waals surface area (Å²) in [6, 6.07) is 0. The lowest BCUT2D eigenvalue weighted by Gasteiger charge is -2.29. The summed E-state index contributed by atoms with van der Waals surface area (Å²) < 4.78 is 9.75. The molecule has 0 spiro atoms. The van der Waals surface area contributed by atoms with Crippen molar-refractivity contribution >= 4 is 11.9 Å². The van der Waals surface area contributed by atoms with Crippen LogP contribution in [0.5, 0.6) is 0 Å². The second-order valence-corrected chi connectivity index (χ2v) is 3.61. The molecule has 4 heteroatoms. The van der Waals surface area contributed by atoms with Gasteiger partial charge in [-0.3, -0.25) is 9.59 Å². The van der Waals surface area contributed by atoms with Crippen LogP contribution in [0.3, 0.4) is 0 Å². The molecule has 0 radical (unpaired) electrons. The number of hydrogen-bond acceptors (Lipinski definition) is 4. The SMILES string of the molecule is C=CCOC(=O)C1(C)CCC(=O)OC1. The van der Waals surface area contributed by atoms with E-state index in [2.05, 4.69) is 6.58 Å². The molecular formula is C10H14O4. The third kappa shape index (κ3) is 2.34. The van der Waals surface area contributed by atoms with E-state index >= 15 is 0 Å². The highest BCUT2D eigenvalue weighted by Crippen LogP contribution is 2.29. The van der Waals surface area contributed by atoms with Gasteiger partial charge in [0.15, 0.2) is 0 Å². The van der Waals surface area contributed by atoms with E-state index in [9.17, 15) is 9.59 Å². The Morgan fingerprint density at radius 3 is 3.00 bits per heavy atom. The number of hydrogen-bond donors (Lipinski definition) is 0. The molecule has 1 aliphatic heterocycles. The largest absolute Gasteiger partial charge is 0.464 e. The zero-order chi connectivity index (χ0) is 10.6. The van der Waals surface area contributed by atoms with Crippen LogP contribution in [0.25, 0.3) is 0 Å². The molecule has 0 aliphatic carbocycles. The fraction of sp³-hybridized carbons (Fsp3) is 0.600. The van der Waals surface area contributed by atoms with Crippen molar-refractivity contribution in [2.75, 3.05) is 13.2 Å². The Balaban J connectivity index is 2.52. The monoisotopic (exact) mass is 198 g/mol. The molecular weight excluding hydrogens is 184 g/mol. The molecule has 14 heavy (non-hydrogen) atoms. The first kappa shape index (κ1) is 10.8. The van der Waals surface area contributed by atoms with Gasteiger partial charge in [0.1, 0.15) is 13.2 Å². The fourth-order valence-electron chi connectivity index (χ4n) is 1.23. The summed E-state index contributed by atoms with van der Waals surface area (Å²) in [6.45, 7) is 5.50. The first-order valence-electron chi connectivity index (χ1n) is 4.52. The molecule has 1 aliphatic rings. The highest BCUT2D eigenvalue weighted by atomic mass is 16.6. The Morgan fingerprint density at radius 1 is 1.79 bits per heavy atom. The Morgan fingerprint density at radius 2 is 2.50 bits per heavy atom. The van der Waals surface area contributed by atoms with E-state index in [0.29, 0.717) is 6.42 Å². The van der Waals surface area contributed by atoms with E-state index in [1.165, 1.54) is 6.08 Å². The minimum Gasteiger partial charge on any atom is -0.464 e. The van der Waals surface area contributed by atoms with Crippen LogP contribution < -0.4 is 0 Å². The number of rotatable bonds is 3. The van der Waals surface area contributed by atoms with Crippen LogP contribution in [0.1, 0.15) is 19.8 Å². The Hall–Kier alpha value is -1.32. The van der Waals surface area contributed by atoms with Gasteiger partial charge in [-0.2, -0.15) is 0 Å². The zero-order valence-corrected chi connectivity index (χ0v) is 8.25. The van der Waals surface area contributed by atoms with Crippen molar-refractivity contribution in [1.29, 1.82) is 0 Å². The minimum absolute atomic E-state index is 0.113. The van der Waals surface area contributed by atoms with E-state index in [4.69, 9.17) is 9.47 Å². The van der Waals surface area contributed by atoms with Crippen molar-refractivity contribution in [3.8, 4) is 0 Å². The van der Waals surface area contributed by atoms with E-state index in [0.717, 1.165) is 0 Å². The summed E-state index contributed by atoms with van der Waals surface area (Å²) in [6.07, 6.45) is 2.28. The summed E-state index contributed by atoms with van der Waals surface area (Å²) in [5, 5.41) is 0. The lowest BCUT2D eigenvalue weighted by Crippen LogP contribution is -2.39. The molecule has 1 atom stereocenters. The van der Waals surface area contributed by atoms with Crippen LogP contribution in [0, 0.1) is 5.41 Å². The molecule has 1 heterocycles. The molecule has 0 aromatic rings. The van der Waals surface area contributed by atoms with Crippen LogP contribution in [0.4, 0.5) is 0 Å². The van der Waals surface area contributed by atoms with Crippen LogP contribution in [0.2, 0.25) is 0 Å². The molecule has 78 valence electrons. The molecule has 1 unspecified atom stereocenters. The van der Waals surface area contributed by atoms with Crippen LogP contribution in [0.15, 0.2) is 12.7 Å². The molecule has 1 fully saturated rings. The van der Waals surface area contributed by atoms with Gasteiger partial charge in [-0.1, -0.05) is 12.7 Å². The summed E-state index contributed by atoms with van der Waals surface area (Å²) in [4.78, 5) is 22.3. The summed E-state index contributed by atoms with van der Waals surface area (Å²) in [5.74, 6) is -0.580. The zero-order valence-electron chi connectivity index (χ0n) is 8.25. The molecule has 0 saturated carbocycles. The molecule has 0 aromatic heterocycles. The highest BCUT2D eigenvalue weighted by Gasteiger charge is 2.39.